The van der Waals surface area contributed by atoms with Crippen molar-refractivity contribution in [3.8, 4) is 0 Å². The molecule has 1 aromatic heterocycles. The Labute approximate surface area is 168 Å². The molecule has 0 aliphatic carbocycles. The van der Waals surface area contributed by atoms with E-state index in [2.05, 4.69) is 4.90 Å². The highest BCUT2D eigenvalue weighted by Gasteiger charge is 2.18. The molecule has 6 heteroatoms. The minimum atomic E-state index is -0.103. The molecular weight excluding hydrogens is 378 g/mol. The first kappa shape index (κ1) is 19.5. The Morgan fingerprint density at radius 3 is 2.63 bits per heavy atom. The summed E-state index contributed by atoms with van der Waals surface area (Å²) in [6.45, 7) is 3.35. The van der Waals surface area contributed by atoms with Gasteiger partial charge in [-0.05, 0) is 50.4 Å². The number of fused-ring (bicyclic) bond motifs is 1. The molecule has 3 rings (SSSR count). The van der Waals surface area contributed by atoms with Crippen LogP contribution in [0.1, 0.15) is 11.1 Å². The average Bonchev–Trinajstić information content (AvgIpc) is 3.06. The van der Waals surface area contributed by atoms with Crippen LogP contribution in [0.3, 0.4) is 0 Å². The molecule has 1 amide bonds. The van der Waals surface area contributed by atoms with Gasteiger partial charge in [-0.1, -0.05) is 53.3 Å². The highest BCUT2D eigenvalue weighted by molar-refractivity contribution is 7.22. The highest BCUT2D eigenvalue weighted by Crippen LogP contribution is 2.30. The topological polar surface area (TPSA) is 36.4 Å². The van der Waals surface area contributed by atoms with Crippen LogP contribution in [0.15, 0.2) is 48.5 Å². The molecule has 4 nitrogen and oxygen atoms in total. The molecule has 0 spiro atoms. The van der Waals surface area contributed by atoms with Crippen molar-refractivity contribution in [2.24, 2.45) is 0 Å². The first-order valence-electron chi connectivity index (χ1n) is 8.70. The minimum absolute atomic E-state index is 0.103. The van der Waals surface area contributed by atoms with E-state index in [-0.39, 0.29) is 5.91 Å². The van der Waals surface area contributed by atoms with Crippen LogP contribution in [0.5, 0.6) is 0 Å². The molecule has 0 radical (unpaired) electrons. The van der Waals surface area contributed by atoms with Gasteiger partial charge < -0.3 is 4.90 Å². The van der Waals surface area contributed by atoms with E-state index in [1.165, 1.54) is 11.3 Å². The largest absolute Gasteiger partial charge is 0.308 e. The van der Waals surface area contributed by atoms with Gasteiger partial charge in [0, 0.05) is 24.2 Å². The number of carbonyl (C=O) groups excluding carboxylic acids is 1. The van der Waals surface area contributed by atoms with Crippen LogP contribution in [0.2, 0.25) is 5.02 Å². The Morgan fingerprint density at radius 2 is 1.93 bits per heavy atom. The maximum Gasteiger partial charge on any atom is 0.252 e. The maximum absolute atomic E-state index is 12.9. The van der Waals surface area contributed by atoms with Gasteiger partial charge in [0.15, 0.2) is 5.13 Å². The molecule has 0 fully saturated rings. The number of aromatic nitrogens is 1. The Balaban J connectivity index is 1.91. The molecule has 0 N–H and O–H groups in total. The van der Waals surface area contributed by atoms with E-state index < -0.39 is 0 Å². The molecule has 2 aromatic carbocycles. The summed E-state index contributed by atoms with van der Waals surface area (Å²) in [7, 11) is 3.98. The van der Waals surface area contributed by atoms with Crippen LogP contribution in [0.4, 0.5) is 5.13 Å². The molecule has 0 saturated carbocycles. The maximum atomic E-state index is 12.9. The number of aryl methyl sites for hydroxylation is 1. The second kappa shape index (κ2) is 8.65. The predicted octanol–water partition coefficient (Wildman–Crippen LogP) is 4.87. The molecule has 27 heavy (non-hydrogen) atoms. The van der Waals surface area contributed by atoms with Gasteiger partial charge >= 0.3 is 0 Å². The Bertz CT molecular complexity index is 980. The summed E-state index contributed by atoms with van der Waals surface area (Å²) in [4.78, 5) is 21.5. The zero-order valence-electron chi connectivity index (χ0n) is 15.6. The van der Waals surface area contributed by atoms with E-state index in [0.29, 0.717) is 11.6 Å². The standard InChI is InChI=1S/C21H22ClN3OS/c1-15-7-6-10-18-20(15)23-21(27-18)25(14-13-24(2)3)19(26)12-11-16-8-4-5-9-17(16)22/h4-12H,13-14H2,1-3H3. The van der Waals surface area contributed by atoms with E-state index in [9.17, 15) is 4.79 Å². The number of carbonyl (C=O) groups is 1. The lowest BCUT2D eigenvalue weighted by Crippen LogP contribution is -2.35. The molecule has 3 aromatic rings. The van der Waals surface area contributed by atoms with Crippen LogP contribution < -0.4 is 4.90 Å². The van der Waals surface area contributed by atoms with Crippen LogP contribution in [0.25, 0.3) is 16.3 Å². The number of likely N-dealkylation sites (N-methyl/N-ethyl adjacent to an activating group) is 1. The number of thiazole rings is 1. The number of nitrogens with zero attached hydrogens (tertiary/aromatic N) is 3. The Morgan fingerprint density at radius 1 is 1.15 bits per heavy atom. The Hall–Kier alpha value is -2.21. The summed E-state index contributed by atoms with van der Waals surface area (Å²) in [5, 5.41) is 1.34. The zero-order valence-corrected chi connectivity index (χ0v) is 17.2. The highest BCUT2D eigenvalue weighted by atomic mass is 35.5. The third-order valence-electron chi connectivity index (χ3n) is 4.19. The number of amides is 1. The van der Waals surface area contributed by atoms with Gasteiger partial charge in [-0.15, -0.1) is 0 Å². The van der Waals surface area contributed by atoms with Crippen molar-refractivity contribution in [2.75, 3.05) is 32.1 Å². The lowest BCUT2D eigenvalue weighted by molar-refractivity contribution is -0.114. The minimum Gasteiger partial charge on any atom is -0.308 e. The molecular formula is C21H22ClN3OS. The second-order valence-electron chi connectivity index (χ2n) is 6.57. The first-order valence-corrected chi connectivity index (χ1v) is 9.90. The molecule has 0 unspecified atom stereocenters. The number of benzene rings is 2. The average molecular weight is 400 g/mol. The van der Waals surface area contributed by atoms with Gasteiger partial charge in [0.25, 0.3) is 5.91 Å². The van der Waals surface area contributed by atoms with E-state index in [1.54, 1.807) is 17.1 Å². The molecule has 0 aliphatic rings. The lowest BCUT2D eigenvalue weighted by Gasteiger charge is -2.20. The number of rotatable bonds is 6. The summed E-state index contributed by atoms with van der Waals surface area (Å²) >= 11 is 7.72. The zero-order chi connectivity index (χ0) is 19.4. The quantitative estimate of drug-likeness (QED) is 0.555. The fraction of sp³-hybridized carbons (Fsp3) is 0.238. The predicted molar refractivity (Wildman–Crippen MR) is 116 cm³/mol. The molecule has 0 saturated heterocycles. The number of hydrogen-bond donors (Lipinski definition) is 0. The molecule has 0 bridgehead atoms. The van der Waals surface area contributed by atoms with Crippen LogP contribution >= 0.6 is 22.9 Å². The van der Waals surface area contributed by atoms with Gasteiger partial charge in [0.2, 0.25) is 0 Å². The van der Waals surface area contributed by atoms with Crippen LogP contribution in [-0.2, 0) is 4.79 Å². The van der Waals surface area contributed by atoms with Crippen molar-refractivity contribution in [3.05, 3.63) is 64.7 Å². The van der Waals surface area contributed by atoms with Crippen molar-refractivity contribution in [1.82, 2.24) is 9.88 Å². The monoisotopic (exact) mass is 399 g/mol. The SMILES string of the molecule is Cc1cccc2sc(N(CCN(C)C)C(=O)C=Cc3ccccc3Cl)nc12. The smallest absolute Gasteiger partial charge is 0.252 e. The summed E-state index contributed by atoms with van der Waals surface area (Å²) in [6.07, 6.45) is 3.32. The second-order valence-corrected chi connectivity index (χ2v) is 7.98. The summed E-state index contributed by atoms with van der Waals surface area (Å²) in [5.74, 6) is -0.103. The van der Waals surface area contributed by atoms with Crippen molar-refractivity contribution in [3.63, 3.8) is 0 Å². The third kappa shape index (κ3) is 4.75. The van der Waals surface area contributed by atoms with Crippen molar-refractivity contribution in [2.45, 2.75) is 6.92 Å². The number of hydrogen-bond acceptors (Lipinski definition) is 4. The summed E-state index contributed by atoms with van der Waals surface area (Å²) in [5.41, 5.74) is 2.89. The number of para-hydroxylation sites is 1. The van der Waals surface area contributed by atoms with Crippen LogP contribution in [-0.4, -0.2) is 43.0 Å². The van der Waals surface area contributed by atoms with Gasteiger partial charge in [-0.25, -0.2) is 4.98 Å². The van der Waals surface area contributed by atoms with Gasteiger partial charge in [0.1, 0.15) is 0 Å². The van der Waals surface area contributed by atoms with Gasteiger partial charge in [-0.2, -0.15) is 0 Å². The third-order valence-corrected chi connectivity index (χ3v) is 5.58. The normalized spacial score (nSPS) is 11.6. The van der Waals surface area contributed by atoms with Gasteiger partial charge in [0.05, 0.1) is 10.2 Å². The summed E-state index contributed by atoms with van der Waals surface area (Å²) < 4.78 is 1.09. The van der Waals surface area contributed by atoms with Crippen molar-refractivity contribution >= 4 is 50.3 Å². The van der Waals surface area contributed by atoms with Crippen molar-refractivity contribution in [1.29, 1.82) is 0 Å². The van der Waals surface area contributed by atoms with E-state index in [1.807, 2.05) is 63.5 Å². The fourth-order valence-corrected chi connectivity index (χ4v) is 3.93. The van der Waals surface area contributed by atoms with Crippen LogP contribution in [0, 0.1) is 6.92 Å². The Kier molecular flexibility index (Phi) is 6.26. The fourth-order valence-electron chi connectivity index (χ4n) is 2.65. The number of halogens is 1. The van der Waals surface area contributed by atoms with E-state index >= 15 is 0 Å². The lowest BCUT2D eigenvalue weighted by atomic mass is 10.2. The van der Waals surface area contributed by atoms with Crippen molar-refractivity contribution < 1.29 is 4.79 Å². The molecule has 1 heterocycles. The molecule has 140 valence electrons. The molecule has 0 aliphatic heterocycles. The number of anilines is 1. The van der Waals surface area contributed by atoms with E-state index in [0.717, 1.165) is 33.0 Å². The van der Waals surface area contributed by atoms with Gasteiger partial charge in [-0.3, -0.25) is 9.69 Å². The van der Waals surface area contributed by atoms with E-state index in [4.69, 9.17) is 16.6 Å². The summed E-state index contributed by atoms with van der Waals surface area (Å²) in [6, 6.07) is 13.6. The molecule has 0 atom stereocenters. The first-order chi connectivity index (χ1) is 13.0.